The summed E-state index contributed by atoms with van der Waals surface area (Å²) in [5, 5.41) is 0. The van der Waals surface area contributed by atoms with Crippen molar-refractivity contribution in [3.63, 3.8) is 0 Å². The first-order valence-electron chi connectivity index (χ1n) is 12.0. The van der Waals surface area contributed by atoms with Crippen LogP contribution < -0.4 is 0 Å². The van der Waals surface area contributed by atoms with Gasteiger partial charge in [0.15, 0.2) is 0 Å². The molecule has 0 aromatic rings. The van der Waals surface area contributed by atoms with Crippen LogP contribution in [0.2, 0.25) is 0 Å². The molecular formula is C24H47IO2. The molecule has 3 heteroatoms. The summed E-state index contributed by atoms with van der Waals surface area (Å²) in [4.78, 5) is 11.4. The van der Waals surface area contributed by atoms with Crippen LogP contribution in [0, 0.1) is 0 Å². The van der Waals surface area contributed by atoms with Crippen LogP contribution in [0.4, 0.5) is 0 Å². The highest BCUT2D eigenvalue weighted by atomic mass is 127. The van der Waals surface area contributed by atoms with Crippen molar-refractivity contribution in [1.29, 1.82) is 0 Å². The standard InChI is InChI=1S/C24H47IO2/c1-3-4-5-6-7-8-9-10-11-12-13-14-15-16-17-18-19-20-21-27-24(26)22-23(2)25/h23H,3-22H2,1-2H3. The molecule has 0 aromatic carbocycles. The third-order valence-electron chi connectivity index (χ3n) is 5.21. The van der Waals surface area contributed by atoms with Crippen LogP contribution in [-0.4, -0.2) is 16.5 Å². The van der Waals surface area contributed by atoms with Gasteiger partial charge >= 0.3 is 5.97 Å². The molecule has 0 radical (unpaired) electrons. The van der Waals surface area contributed by atoms with E-state index >= 15 is 0 Å². The van der Waals surface area contributed by atoms with Crippen molar-refractivity contribution in [2.24, 2.45) is 0 Å². The second kappa shape index (κ2) is 22.5. The van der Waals surface area contributed by atoms with E-state index in [1.54, 1.807) is 0 Å². The Bertz CT molecular complexity index is 305. The number of ether oxygens (including phenoxy) is 1. The van der Waals surface area contributed by atoms with Gasteiger partial charge in [0.05, 0.1) is 13.0 Å². The zero-order chi connectivity index (χ0) is 20.0. The molecule has 2 nitrogen and oxygen atoms in total. The highest BCUT2D eigenvalue weighted by Crippen LogP contribution is 2.14. The number of halogens is 1. The lowest BCUT2D eigenvalue weighted by Gasteiger charge is -2.06. The largest absolute Gasteiger partial charge is 0.466 e. The van der Waals surface area contributed by atoms with E-state index in [2.05, 4.69) is 29.5 Å². The minimum absolute atomic E-state index is 0.0381. The van der Waals surface area contributed by atoms with Crippen molar-refractivity contribution in [2.75, 3.05) is 6.61 Å². The number of hydrogen-bond donors (Lipinski definition) is 0. The summed E-state index contributed by atoms with van der Waals surface area (Å²) in [5.74, 6) is -0.0381. The van der Waals surface area contributed by atoms with Crippen molar-refractivity contribution in [2.45, 2.75) is 140 Å². The van der Waals surface area contributed by atoms with Crippen LogP contribution in [-0.2, 0) is 9.53 Å². The zero-order valence-electron chi connectivity index (χ0n) is 18.4. The Morgan fingerprint density at radius 2 is 1.00 bits per heavy atom. The Labute approximate surface area is 184 Å². The van der Waals surface area contributed by atoms with Crippen LogP contribution in [0.25, 0.3) is 0 Å². The van der Waals surface area contributed by atoms with Gasteiger partial charge in [-0.15, -0.1) is 0 Å². The molecule has 27 heavy (non-hydrogen) atoms. The van der Waals surface area contributed by atoms with Crippen LogP contribution >= 0.6 is 22.6 Å². The molecule has 0 aliphatic carbocycles. The summed E-state index contributed by atoms with van der Waals surface area (Å²) in [5.41, 5.74) is 0. The molecule has 0 spiro atoms. The maximum Gasteiger partial charge on any atom is 0.306 e. The van der Waals surface area contributed by atoms with E-state index in [0.717, 1.165) is 6.42 Å². The van der Waals surface area contributed by atoms with Crippen molar-refractivity contribution in [3.8, 4) is 0 Å². The van der Waals surface area contributed by atoms with Crippen LogP contribution in [0.15, 0.2) is 0 Å². The van der Waals surface area contributed by atoms with E-state index in [1.807, 2.05) is 6.92 Å². The molecule has 1 unspecified atom stereocenters. The first kappa shape index (κ1) is 27.2. The third kappa shape index (κ3) is 24.2. The maximum absolute atomic E-state index is 11.4. The minimum atomic E-state index is -0.0381. The monoisotopic (exact) mass is 494 g/mol. The van der Waals surface area contributed by atoms with Gasteiger partial charge in [0.2, 0.25) is 0 Å². The molecule has 0 heterocycles. The number of unbranched alkanes of at least 4 members (excludes halogenated alkanes) is 17. The SMILES string of the molecule is CCCCCCCCCCCCCCCCCCCCOC(=O)CC(C)I. The molecule has 0 aromatic heterocycles. The topological polar surface area (TPSA) is 26.3 Å². The summed E-state index contributed by atoms with van der Waals surface area (Å²) in [7, 11) is 0. The predicted molar refractivity (Wildman–Crippen MR) is 128 cm³/mol. The number of alkyl halides is 1. The Morgan fingerprint density at radius 3 is 1.33 bits per heavy atom. The Kier molecular flexibility index (Phi) is 22.7. The third-order valence-corrected chi connectivity index (χ3v) is 5.65. The lowest BCUT2D eigenvalue weighted by Crippen LogP contribution is -2.09. The Hall–Kier alpha value is 0.200. The molecule has 0 rings (SSSR count). The molecule has 0 aliphatic rings. The highest BCUT2D eigenvalue weighted by Gasteiger charge is 2.06. The quantitative estimate of drug-likeness (QED) is 0.0690. The minimum Gasteiger partial charge on any atom is -0.466 e. The fourth-order valence-electron chi connectivity index (χ4n) is 3.48. The normalized spacial score (nSPS) is 12.3. The number of carbonyl (C=O) groups is 1. The summed E-state index contributed by atoms with van der Waals surface area (Å²) in [6.07, 6.45) is 25.4. The average molecular weight is 495 g/mol. The van der Waals surface area contributed by atoms with Gasteiger partial charge < -0.3 is 4.74 Å². The molecule has 0 saturated carbocycles. The number of rotatable bonds is 21. The van der Waals surface area contributed by atoms with Gasteiger partial charge in [0, 0.05) is 3.92 Å². The summed E-state index contributed by atoms with van der Waals surface area (Å²) in [6, 6.07) is 0. The molecule has 0 amide bonds. The van der Waals surface area contributed by atoms with Crippen LogP contribution in [0.5, 0.6) is 0 Å². The molecule has 1 atom stereocenters. The van der Waals surface area contributed by atoms with Crippen molar-refractivity contribution < 1.29 is 9.53 Å². The van der Waals surface area contributed by atoms with Crippen LogP contribution in [0.3, 0.4) is 0 Å². The number of esters is 1. The first-order chi connectivity index (χ1) is 13.2. The predicted octanol–water partition coefficient (Wildman–Crippen LogP) is 8.78. The zero-order valence-corrected chi connectivity index (χ0v) is 20.6. The van der Waals surface area contributed by atoms with Gasteiger partial charge in [0.1, 0.15) is 0 Å². The van der Waals surface area contributed by atoms with E-state index in [9.17, 15) is 4.79 Å². The summed E-state index contributed by atoms with van der Waals surface area (Å²) in [6.45, 7) is 4.94. The second-order valence-electron chi connectivity index (χ2n) is 8.22. The van der Waals surface area contributed by atoms with Gasteiger partial charge in [-0.25, -0.2) is 0 Å². The van der Waals surface area contributed by atoms with Crippen molar-refractivity contribution in [3.05, 3.63) is 0 Å². The Balaban J connectivity index is 3.06. The average Bonchev–Trinajstić information content (AvgIpc) is 2.63. The molecule has 0 aliphatic heterocycles. The highest BCUT2D eigenvalue weighted by molar-refractivity contribution is 14.1. The van der Waals surface area contributed by atoms with Gasteiger partial charge in [-0.3, -0.25) is 4.79 Å². The van der Waals surface area contributed by atoms with E-state index < -0.39 is 0 Å². The maximum atomic E-state index is 11.4. The summed E-state index contributed by atoms with van der Waals surface area (Å²) >= 11 is 2.26. The van der Waals surface area contributed by atoms with Gasteiger partial charge in [-0.05, 0) is 6.42 Å². The van der Waals surface area contributed by atoms with E-state index in [0.29, 0.717) is 17.0 Å². The van der Waals surface area contributed by atoms with Crippen molar-refractivity contribution in [1.82, 2.24) is 0 Å². The lowest BCUT2D eigenvalue weighted by molar-refractivity contribution is -0.143. The fourth-order valence-corrected chi connectivity index (χ4v) is 3.84. The fraction of sp³-hybridized carbons (Fsp3) is 0.958. The second-order valence-corrected chi connectivity index (χ2v) is 10.3. The van der Waals surface area contributed by atoms with Crippen molar-refractivity contribution >= 4 is 28.6 Å². The van der Waals surface area contributed by atoms with E-state index in [4.69, 9.17) is 4.74 Å². The van der Waals surface area contributed by atoms with Crippen LogP contribution in [0.1, 0.15) is 136 Å². The van der Waals surface area contributed by atoms with Gasteiger partial charge in [-0.1, -0.05) is 146 Å². The number of hydrogen-bond acceptors (Lipinski definition) is 2. The van der Waals surface area contributed by atoms with E-state index in [1.165, 1.54) is 109 Å². The summed E-state index contributed by atoms with van der Waals surface area (Å²) < 4.78 is 5.61. The lowest BCUT2D eigenvalue weighted by atomic mass is 10.0. The van der Waals surface area contributed by atoms with Gasteiger partial charge in [-0.2, -0.15) is 0 Å². The smallest absolute Gasteiger partial charge is 0.306 e. The number of carbonyl (C=O) groups excluding carboxylic acids is 1. The first-order valence-corrected chi connectivity index (χ1v) is 13.2. The molecule has 0 bridgehead atoms. The molecule has 162 valence electrons. The molecular weight excluding hydrogens is 447 g/mol. The molecule has 0 saturated heterocycles. The Morgan fingerprint density at radius 1 is 0.667 bits per heavy atom. The van der Waals surface area contributed by atoms with Gasteiger partial charge in [0.25, 0.3) is 0 Å². The molecule has 0 N–H and O–H groups in total. The van der Waals surface area contributed by atoms with E-state index in [-0.39, 0.29) is 5.97 Å². The molecule has 0 fully saturated rings.